The van der Waals surface area contributed by atoms with Crippen molar-refractivity contribution in [3.8, 4) is 0 Å². The second kappa shape index (κ2) is 6.49. The zero-order valence-corrected chi connectivity index (χ0v) is 10.7. The Hall–Kier alpha value is -0.660. The van der Waals surface area contributed by atoms with Gasteiger partial charge in [-0.2, -0.15) is 4.99 Å². The molecule has 0 saturated carbocycles. The summed E-state index contributed by atoms with van der Waals surface area (Å²) in [5.41, 5.74) is -1.94. The van der Waals surface area contributed by atoms with Crippen LogP contribution in [-0.4, -0.2) is 62.3 Å². The molecule has 1 aliphatic heterocycles. The molecule has 1 saturated heterocycles. The Morgan fingerprint density at radius 2 is 2.11 bits per heavy atom. The number of hydrogen-bond acceptors (Lipinski definition) is 7. The van der Waals surface area contributed by atoms with E-state index >= 15 is 0 Å². The molecule has 0 radical (unpaired) electrons. The van der Waals surface area contributed by atoms with Gasteiger partial charge in [-0.15, -0.1) is 0 Å². The molecule has 7 heteroatoms. The molecule has 0 bridgehead atoms. The number of isothiocyanates is 1. The smallest absolute Gasteiger partial charge is 0.187 e. The molecule has 1 rings (SSSR count). The lowest BCUT2D eigenvalue weighted by Gasteiger charge is -2.45. The minimum absolute atomic E-state index is 0.514. The minimum Gasteiger partial charge on any atom is -0.394 e. The molecule has 0 aromatic heterocycles. The Bertz CT molecular complexity index is 357. The summed E-state index contributed by atoms with van der Waals surface area (Å²) in [7, 11) is 0. The molecule has 6 nitrogen and oxygen atoms in total. The molecule has 0 aliphatic carbocycles. The largest absolute Gasteiger partial charge is 0.394 e. The van der Waals surface area contributed by atoms with Gasteiger partial charge < -0.3 is 25.2 Å². The summed E-state index contributed by atoms with van der Waals surface area (Å²) in [6.45, 7) is 1.33. The van der Waals surface area contributed by atoms with Crippen molar-refractivity contribution in [3.05, 3.63) is 12.2 Å². The fourth-order valence-corrected chi connectivity index (χ4v) is 1.93. The highest BCUT2D eigenvalue weighted by Gasteiger charge is 2.53. The number of ether oxygens (including phenoxy) is 1. The number of aliphatic imine (C=N–C) groups is 1. The van der Waals surface area contributed by atoms with E-state index in [0.29, 0.717) is 6.42 Å². The molecule has 0 spiro atoms. The lowest BCUT2D eigenvalue weighted by atomic mass is 9.83. The van der Waals surface area contributed by atoms with Gasteiger partial charge in [0.15, 0.2) is 6.23 Å². The van der Waals surface area contributed by atoms with E-state index in [-0.39, 0.29) is 0 Å². The van der Waals surface area contributed by atoms with Crippen molar-refractivity contribution in [1.29, 1.82) is 0 Å². The van der Waals surface area contributed by atoms with Gasteiger partial charge in [-0.1, -0.05) is 19.1 Å². The Morgan fingerprint density at radius 3 is 2.61 bits per heavy atom. The Kier molecular flexibility index (Phi) is 5.55. The predicted molar refractivity (Wildman–Crippen MR) is 67.2 cm³/mol. The van der Waals surface area contributed by atoms with Crippen LogP contribution in [0.5, 0.6) is 0 Å². The van der Waals surface area contributed by atoms with Crippen LogP contribution in [0, 0.1) is 0 Å². The average molecular weight is 275 g/mol. The summed E-state index contributed by atoms with van der Waals surface area (Å²) < 4.78 is 5.14. The van der Waals surface area contributed by atoms with Gasteiger partial charge in [-0.05, 0) is 18.6 Å². The molecule has 4 N–H and O–H groups in total. The van der Waals surface area contributed by atoms with Gasteiger partial charge in [-0.25, -0.2) is 0 Å². The quantitative estimate of drug-likeness (QED) is 0.305. The summed E-state index contributed by atoms with van der Waals surface area (Å²) in [4.78, 5) is 3.58. The molecule has 0 aromatic carbocycles. The maximum Gasteiger partial charge on any atom is 0.187 e. The highest BCUT2D eigenvalue weighted by atomic mass is 32.1. The van der Waals surface area contributed by atoms with Crippen molar-refractivity contribution < 1.29 is 25.2 Å². The molecular weight excluding hydrogens is 258 g/mol. The van der Waals surface area contributed by atoms with Crippen molar-refractivity contribution in [1.82, 2.24) is 0 Å². The summed E-state index contributed by atoms with van der Waals surface area (Å²) in [5.74, 6) is 0. The van der Waals surface area contributed by atoms with Gasteiger partial charge in [0.1, 0.15) is 23.9 Å². The van der Waals surface area contributed by atoms with Crippen LogP contribution in [-0.2, 0) is 4.74 Å². The molecule has 102 valence electrons. The van der Waals surface area contributed by atoms with E-state index in [0.717, 1.165) is 0 Å². The third kappa shape index (κ3) is 2.84. The third-order valence-electron chi connectivity index (χ3n) is 2.86. The van der Waals surface area contributed by atoms with E-state index < -0.39 is 36.7 Å². The first kappa shape index (κ1) is 15.4. The van der Waals surface area contributed by atoms with Gasteiger partial charge in [-0.3, -0.25) is 0 Å². The second-order valence-electron chi connectivity index (χ2n) is 4.06. The Balaban J connectivity index is 3.09. The van der Waals surface area contributed by atoms with Crippen LogP contribution in [0.1, 0.15) is 13.3 Å². The van der Waals surface area contributed by atoms with Crippen LogP contribution in [0.2, 0.25) is 0 Å². The summed E-state index contributed by atoms with van der Waals surface area (Å²) in [6, 6.07) is 0. The molecule has 0 amide bonds. The SMILES string of the molecule is CCC=C[C@]1(O)[C@H](O)[C@@H](CO)OC(N=C=S)[C@@H]1O. The minimum atomic E-state index is -1.94. The second-order valence-corrected chi connectivity index (χ2v) is 4.24. The Labute approximate surface area is 110 Å². The van der Waals surface area contributed by atoms with Gasteiger partial charge in [0.25, 0.3) is 0 Å². The molecule has 1 unspecified atom stereocenters. The molecular formula is C11H17NO5S. The lowest BCUT2D eigenvalue weighted by Crippen LogP contribution is -2.65. The predicted octanol–water partition coefficient (Wildman–Crippen LogP) is -0.774. The van der Waals surface area contributed by atoms with E-state index in [2.05, 4.69) is 17.2 Å². The van der Waals surface area contributed by atoms with Gasteiger partial charge in [0.2, 0.25) is 0 Å². The normalized spacial score (nSPS) is 40.7. The zero-order chi connectivity index (χ0) is 13.8. The summed E-state index contributed by atoms with van der Waals surface area (Å²) in [5, 5.41) is 41.4. The fraction of sp³-hybridized carbons (Fsp3) is 0.727. The standard InChI is InChI=1S/C11H17NO5S/c1-2-3-4-11(16)8(14)7(5-13)17-10(9(11)15)12-6-18/h3-4,7-10,13-16H,2,5H2,1H3/t7-,8-,9+,10?,11+/m1/s1. The van der Waals surface area contributed by atoms with Crippen molar-refractivity contribution in [2.75, 3.05) is 6.61 Å². The molecule has 5 atom stereocenters. The van der Waals surface area contributed by atoms with E-state index in [1.807, 2.05) is 12.1 Å². The number of aliphatic hydroxyl groups excluding tert-OH is 3. The molecule has 1 aliphatic rings. The number of allylic oxidation sites excluding steroid dienone is 1. The first-order chi connectivity index (χ1) is 8.51. The van der Waals surface area contributed by atoms with Gasteiger partial charge in [0, 0.05) is 0 Å². The van der Waals surface area contributed by atoms with Gasteiger partial charge in [0.05, 0.1) is 11.8 Å². The first-order valence-corrected chi connectivity index (χ1v) is 6.01. The maximum atomic E-state index is 10.3. The van der Waals surface area contributed by atoms with E-state index in [9.17, 15) is 15.3 Å². The molecule has 1 fully saturated rings. The van der Waals surface area contributed by atoms with Crippen LogP contribution >= 0.6 is 12.2 Å². The van der Waals surface area contributed by atoms with E-state index in [1.54, 1.807) is 6.08 Å². The third-order valence-corrected chi connectivity index (χ3v) is 2.97. The number of rotatable bonds is 4. The topological polar surface area (TPSA) is 103 Å². The van der Waals surface area contributed by atoms with Crippen molar-refractivity contribution >= 4 is 17.4 Å². The van der Waals surface area contributed by atoms with Crippen LogP contribution < -0.4 is 0 Å². The van der Waals surface area contributed by atoms with Crippen molar-refractivity contribution in [2.45, 2.75) is 43.5 Å². The lowest BCUT2D eigenvalue weighted by molar-refractivity contribution is -0.255. The van der Waals surface area contributed by atoms with Crippen LogP contribution in [0.15, 0.2) is 17.1 Å². The number of hydrogen-bond donors (Lipinski definition) is 4. The number of aliphatic hydroxyl groups is 4. The van der Waals surface area contributed by atoms with Crippen LogP contribution in [0.3, 0.4) is 0 Å². The highest BCUT2D eigenvalue weighted by Crippen LogP contribution is 2.31. The highest BCUT2D eigenvalue weighted by molar-refractivity contribution is 7.78. The van der Waals surface area contributed by atoms with Crippen LogP contribution in [0.4, 0.5) is 0 Å². The molecule has 18 heavy (non-hydrogen) atoms. The summed E-state index contributed by atoms with van der Waals surface area (Å²) >= 11 is 4.42. The fourth-order valence-electron chi connectivity index (χ4n) is 1.83. The average Bonchev–Trinajstić information content (AvgIpc) is 2.37. The van der Waals surface area contributed by atoms with Crippen LogP contribution in [0.25, 0.3) is 0 Å². The molecule has 1 heterocycles. The Morgan fingerprint density at radius 1 is 1.44 bits per heavy atom. The van der Waals surface area contributed by atoms with E-state index in [1.165, 1.54) is 6.08 Å². The number of nitrogens with zero attached hydrogens (tertiary/aromatic N) is 1. The monoisotopic (exact) mass is 275 g/mol. The maximum absolute atomic E-state index is 10.3. The molecule has 0 aromatic rings. The first-order valence-electron chi connectivity index (χ1n) is 5.60. The zero-order valence-electron chi connectivity index (χ0n) is 9.93. The van der Waals surface area contributed by atoms with Crippen molar-refractivity contribution in [3.63, 3.8) is 0 Å². The summed E-state index contributed by atoms with van der Waals surface area (Å²) in [6.07, 6.45) is -1.67. The van der Waals surface area contributed by atoms with E-state index in [4.69, 9.17) is 9.84 Å². The van der Waals surface area contributed by atoms with Gasteiger partial charge >= 0.3 is 0 Å². The number of thiocarbonyl (C=S) groups is 1. The van der Waals surface area contributed by atoms with Crippen molar-refractivity contribution in [2.24, 2.45) is 4.99 Å².